The number of oxazole rings is 1. The third-order valence-corrected chi connectivity index (χ3v) is 3.17. The summed E-state index contributed by atoms with van der Waals surface area (Å²) in [5.41, 5.74) is 1.31. The average Bonchev–Trinajstić information content (AvgIpc) is 2.85. The molecule has 0 saturated heterocycles. The van der Waals surface area contributed by atoms with Crippen LogP contribution in [0.1, 0.15) is 54.0 Å². The number of amides is 1. The van der Waals surface area contributed by atoms with Crippen LogP contribution in [-0.2, 0) is 6.42 Å². The Kier molecular flexibility index (Phi) is 4.96. The molecule has 5 nitrogen and oxygen atoms in total. The third kappa shape index (κ3) is 4.04. The lowest BCUT2D eigenvalue weighted by molar-refractivity contribution is 0.0933. The number of rotatable bonds is 5. The predicted molar refractivity (Wildman–Crippen MR) is 80.4 cm³/mol. The highest BCUT2D eigenvalue weighted by Gasteiger charge is 2.16. The number of aromatic nitrogens is 2. The molecule has 0 fully saturated rings. The first-order valence-electron chi connectivity index (χ1n) is 6.89. The molecule has 2 heterocycles. The second-order valence-electron chi connectivity index (χ2n) is 4.92. The maximum atomic E-state index is 12.3. The molecule has 21 heavy (non-hydrogen) atoms. The normalized spacial score (nSPS) is 12.2. The van der Waals surface area contributed by atoms with Crippen molar-refractivity contribution in [1.82, 2.24) is 15.3 Å². The Hall–Kier alpha value is -1.88. The smallest absolute Gasteiger partial charge is 0.252 e. The number of halogens is 1. The summed E-state index contributed by atoms with van der Waals surface area (Å²) >= 11 is 5.96. The highest BCUT2D eigenvalue weighted by molar-refractivity contribution is 6.29. The summed E-state index contributed by atoms with van der Waals surface area (Å²) in [6.07, 6.45) is 3.36. The Morgan fingerprint density at radius 2 is 2.24 bits per heavy atom. The van der Waals surface area contributed by atoms with Gasteiger partial charge in [0.15, 0.2) is 0 Å². The molecule has 0 aliphatic heterocycles. The van der Waals surface area contributed by atoms with Crippen molar-refractivity contribution in [3.63, 3.8) is 0 Å². The van der Waals surface area contributed by atoms with Crippen LogP contribution in [0.5, 0.6) is 0 Å². The van der Waals surface area contributed by atoms with Crippen molar-refractivity contribution in [2.75, 3.05) is 0 Å². The van der Waals surface area contributed by atoms with Gasteiger partial charge in [-0.1, -0.05) is 24.9 Å². The molecule has 1 unspecified atom stereocenters. The summed E-state index contributed by atoms with van der Waals surface area (Å²) in [6.45, 7) is 5.68. The van der Waals surface area contributed by atoms with Gasteiger partial charge in [0, 0.05) is 11.3 Å². The summed E-state index contributed by atoms with van der Waals surface area (Å²) in [7, 11) is 0. The molecule has 1 amide bonds. The van der Waals surface area contributed by atoms with E-state index in [0.717, 1.165) is 18.5 Å². The van der Waals surface area contributed by atoms with Crippen LogP contribution in [0.15, 0.2) is 22.7 Å². The monoisotopic (exact) mass is 307 g/mol. The van der Waals surface area contributed by atoms with Crippen LogP contribution in [0, 0.1) is 6.92 Å². The van der Waals surface area contributed by atoms with Gasteiger partial charge in [0.2, 0.25) is 5.89 Å². The lowest BCUT2D eigenvalue weighted by Crippen LogP contribution is -2.27. The summed E-state index contributed by atoms with van der Waals surface area (Å²) in [5.74, 6) is 0.970. The number of aryl methyl sites for hydroxylation is 2. The summed E-state index contributed by atoms with van der Waals surface area (Å²) < 4.78 is 5.40. The van der Waals surface area contributed by atoms with Gasteiger partial charge in [-0.2, -0.15) is 0 Å². The summed E-state index contributed by atoms with van der Waals surface area (Å²) in [6, 6.07) is 3.01. The number of carbonyl (C=O) groups is 1. The minimum absolute atomic E-state index is 0.222. The summed E-state index contributed by atoms with van der Waals surface area (Å²) in [4.78, 5) is 20.6. The number of hydrogen-bond acceptors (Lipinski definition) is 4. The van der Waals surface area contributed by atoms with Gasteiger partial charge in [-0.05, 0) is 32.4 Å². The van der Waals surface area contributed by atoms with Crippen LogP contribution < -0.4 is 5.32 Å². The van der Waals surface area contributed by atoms with Gasteiger partial charge in [-0.3, -0.25) is 4.79 Å². The number of nitrogens with one attached hydrogen (secondary N) is 1. The first kappa shape index (κ1) is 15.5. The SMILES string of the molecule is CCCc1cc(C(=O)NC(C)c2ncc(C)o2)cc(Cl)n1. The van der Waals surface area contributed by atoms with E-state index in [1.807, 2.05) is 13.8 Å². The van der Waals surface area contributed by atoms with Crippen LogP contribution in [0.25, 0.3) is 0 Å². The van der Waals surface area contributed by atoms with Crippen LogP contribution >= 0.6 is 11.6 Å². The molecule has 0 aliphatic carbocycles. The maximum absolute atomic E-state index is 12.3. The highest BCUT2D eigenvalue weighted by Crippen LogP contribution is 2.16. The molecule has 1 atom stereocenters. The minimum Gasteiger partial charge on any atom is -0.444 e. The fourth-order valence-electron chi connectivity index (χ4n) is 1.98. The molecular weight excluding hydrogens is 290 g/mol. The van der Waals surface area contributed by atoms with Crippen molar-refractivity contribution < 1.29 is 9.21 Å². The molecule has 0 saturated carbocycles. The molecule has 0 aromatic carbocycles. The van der Waals surface area contributed by atoms with Gasteiger partial charge in [0.25, 0.3) is 5.91 Å². The fraction of sp³-hybridized carbons (Fsp3) is 0.400. The zero-order valence-corrected chi connectivity index (χ0v) is 13.1. The quantitative estimate of drug-likeness (QED) is 0.859. The molecule has 2 aromatic rings. The zero-order chi connectivity index (χ0) is 15.4. The predicted octanol–water partition coefficient (Wildman–Crippen LogP) is 3.47. The highest BCUT2D eigenvalue weighted by atomic mass is 35.5. The van der Waals surface area contributed by atoms with E-state index in [2.05, 4.69) is 22.2 Å². The van der Waals surface area contributed by atoms with Crippen molar-refractivity contribution in [1.29, 1.82) is 0 Å². The van der Waals surface area contributed by atoms with E-state index in [-0.39, 0.29) is 11.9 Å². The molecule has 0 aliphatic rings. The second kappa shape index (κ2) is 6.72. The van der Waals surface area contributed by atoms with Crippen LogP contribution in [-0.4, -0.2) is 15.9 Å². The van der Waals surface area contributed by atoms with E-state index in [1.165, 1.54) is 0 Å². The van der Waals surface area contributed by atoms with Crippen molar-refractivity contribution in [3.8, 4) is 0 Å². The standard InChI is InChI=1S/C15H18ClN3O2/c1-4-5-12-6-11(7-13(16)19-12)14(20)18-10(3)15-17-8-9(2)21-15/h6-8,10H,4-5H2,1-3H3,(H,18,20). The Bertz CT molecular complexity index is 640. The molecule has 6 heteroatoms. The number of carbonyl (C=O) groups excluding carboxylic acids is 1. The van der Waals surface area contributed by atoms with Gasteiger partial charge in [-0.25, -0.2) is 9.97 Å². The minimum atomic E-state index is -0.312. The Morgan fingerprint density at radius 3 is 2.86 bits per heavy atom. The Morgan fingerprint density at radius 1 is 1.48 bits per heavy atom. The first-order valence-corrected chi connectivity index (χ1v) is 7.27. The maximum Gasteiger partial charge on any atom is 0.252 e. The molecule has 1 N–H and O–H groups in total. The van der Waals surface area contributed by atoms with Gasteiger partial charge in [0.1, 0.15) is 17.0 Å². The molecular formula is C15H18ClN3O2. The van der Waals surface area contributed by atoms with Crippen LogP contribution in [0.4, 0.5) is 0 Å². The molecule has 0 radical (unpaired) electrons. The van der Waals surface area contributed by atoms with E-state index >= 15 is 0 Å². The first-order chi connectivity index (χ1) is 9.99. The van der Waals surface area contributed by atoms with Crippen molar-refractivity contribution in [2.45, 2.75) is 39.7 Å². The van der Waals surface area contributed by atoms with Gasteiger partial charge >= 0.3 is 0 Å². The molecule has 0 spiro atoms. The zero-order valence-electron chi connectivity index (χ0n) is 12.3. The number of nitrogens with zero attached hydrogens (tertiary/aromatic N) is 2. The van der Waals surface area contributed by atoms with Crippen LogP contribution in [0.2, 0.25) is 5.15 Å². The molecule has 2 aromatic heterocycles. The molecule has 0 bridgehead atoms. The van der Waals surface area contributed by atoms with Crippen LogP contribution in [0.3, 0.4) is 0 Å². The lowest BCUT2D eigenvalue weighted by Gasteiger charge is -2.11. The summed E-state index contributed by atoms with van der Waals surface area (Å²) in [5, 5.41) is 3.17. The van der Waals surface area contributed by atoms with Gasteiger partial charge in [0.05, 0.1) is 6.20 Å². The van der Waals surface area contributed by atoms with Crippen molar-refractivity contribution in [2.24, 2.45) is 0 Å². The molecule has 2 rings (SSSR count). The Balaban J connectivity index is 2.12. The lowest BCUT2D eigenvalue weighted by atomic mass is 10.1. The topological polar surface area (TPSA) is 68.0 Å². The van der Waals surface area contributed by atoms with E-state index in [0.29, 0.717) is 22.4 Å². The van der Waals surface area contributed by atoms with E-state index in [9.17, 15) is 4.79 Å². The van der Waals surface area contributed by atoms with Gasteiger partial charge < -0.3 is 9.73 Å². The van der Waals surface area contributed by atoms with E-state index in [1.54, 1.807) is 18.3 Å². The Labute approximate surface area is 128 Å². The van der Waals surface area contributed by atoms with Crippen molar-refractivity contribution >= 4 is 17.5 Å². The number of pyridine rings is 1. The van der Waals surface area contributed by atoms with Gasteiger partial charge in [-0.15, -0.1) is 0 Å². The van der Waals surface area contributed by atoms with E-state index < -0.39 is 0 Å². The number of hydrogen-bond donors (Lipinski definition) is 1. The second-order valence-corrected chi connectivity index (χ2v) is 5.31. The fourth-order valence-corrected chi connectivity index (χ4v) is 2.21. The van der Waals surface area contributed by atoms with Crippen molar-refractivity contribution in [3.05, 3.63) is 46.4 Å². The van der Waals surface area contributed by atoms with E-state index in [4.69, 9.17) is 16.0 Å². The third-order valence-electron chi connectivity index (χ3n) is 2.97. The largest absolute Gasteiger partial charge is 0.444 e. The molecule has 112 valence electrons. The average molecular weight is 308 g/mol.